The number of hydrogen-bond acceptors (Lipinski definition) is 11. The van der Waals surface area contributed by atoms with Gasteiger partial charge in [-0.2, -0.15) is 9.97 Å². The molecule has 1 saturated carbocycles. The first-order chi connectivity index (χ1) is 21.7. The highest BCUT2D eigenvalue weighted by Crippen LogP contribution is 2.42. The Balaban J connectivity index is 1.06. The number of imidazole rings is 1. The van der Waals surface area contributed by atoms with Crippen molar-refractivity contribution in [2.45, 2.75) is 50.9 Å². The first-order valence-corrected chi connectivity index (χ1v) is 16.5. The quantitative estimate of drug-likeness (QED) is 0.118. The van der Waals surface area contributed by atoms with Crippen LogP contribution in [-0.4, -0.2) is 51.2 Å². The van der Waals surface area contributed by atoms with Gasteiger partial charge in [0.05, 0.1) is 31.3 Å². The molecule has 4 atom stereocenters. The van der Waals surface area contributed by atoms with Gasteiger partial charge in [0.2, 0.25) is 5.95 Å². The van der Waals surface area contributed by atoms with Crippen LogP contribution in [0, 0.1) is 5.92 Å². The fourth-order valence-electron chi connectivity index (χ4n) is 5.35. The number of fused-ring (bicyclic) bond motifs is 1. The Kier molecular flexibility index (Phi) is 8.86. The summed E-state index contributed by atoms with van der Waals surface area (Å²) < 4.78 is 25.8. The summed E-state index contributed by atoms with van der Waals surface area (Å²) >= 11 is 0. The lowest BCUT2D eigenvalue weighted by atomic mass is 10.1. The number of anilines is 3. The van der Waals surface area contributed by atoms with Gasteiger partial charge in [0.25, 0.3) is 0 Å². The van der Waals surface area contributed by atoms with E-state index in [0.717, 1.165) is 24.2 Å². The number of carbonyl (C=O) groups is 1. The van der Waals surface area contributed by atoms with Gasteiger partial charge < -0.3 is 19.7 Å². The number of hydroxylamine groups is 1. The number of nitrogens with two attached hydrogens (primary N) is 2. The van der Waals surface area contributed by atoms with E-state index in [2.05, 4.69) is 19.9 Å². The zero-order valence-electron chi connectivity index (χ0n) is 25.2. The van der Waals surface area contributed by atoms with Gasteiger partial charge in [-0.25, -0.2) is 24.9 Å². The Bertz CT molecular complexity index is 1720. The van der Waals surface area contributed by atoms with Crippen molar-refractivity contribution in [2.24, 2.45) is 11.4 Å². The van der Waals surface area contributed by atoms with Gasteiger partial charge in [-0.1, -0.05) is 60.7 Å². The van der Waals surface area contributed by atoms with E-state index < -0.39 is 19.8 Å². The second kappa shape index (κ2) is 13.0. The summed E-state index contributed by atoms with van der Waals surface area (Å²) in [6.45, 7) is 1.79. The molecule has 2 aromatic carbocycles. The largest absolute Gasteiger partial charge is 0.458 e. The summed E-state index contributed by atoms with van der Waals surface area (Å²) in [5.41, 5.74) is 14.8. The monoisotopic (exact) mass is 632 g/mol. The standard InChI is InChI=1S/C31H37N8O5P/c1-21(39(25-11-7-4-8-12-25)42-18-22-9-5-3-6-10-22)30(40)44-45(33,41)43-19-23-13-14-26(17-23)38-20-34-27-28(37(2)24-15-16-24)35-31(32)36-29(27)38/h3-14,20-21,23-24,26H,15-19H2,1-2H3,(H2,33,41)(H2,32,35,36)/t21-,23+,26-,45?/m0/s1. The van der Waals surface area contributed by atoms with Gasteiger partial charge in [0, 0.05) is 19.0 Å². The molecule has 2 heterocycles. The van der Waals surface area contributed by atoms with Gasteiger partial charge in [-0.05, 0) is 43.9 Å². The van der Waals surface area contributed by atoms with Crippen molar-refractivity contribution in [1.29, 1.82) is 0 Å². The van der Waals surface area contributed by atoms with Crippen LogP contribution in [0.1, 0.15) is 37.8 Å². The Morgan fingerprint density at radius 1 is 1.09 bits per heavy atom. The molecule has 236 valence electrons. The van der Waals surface area contributed by atoms with Crippen LogP contribution in [0.3, 0.4) is 0 Å². The maximum absolute atomic E-state index is 13.1. The molecule has 4 N–H and O–H groups in total. The van der Waals surface area contributed by atoms with E-state index in [9.17, 15) is 9.36 Å². The molecule has 0 bridgehead atoms. The third-order valence-electron chi connectivity index (χ3n) is 7.96. The van der Waals surface area contributed by atoms with Crippen molar-refractivity contribution < 1.29 is 23.2 Å². The lowest BCUT2D eigenvalue weighted by Gasteiger charge is -2.29. The molecule has 0 radical (unpaired) electrons. The molecule has 0 spiro atoms. The summed E-state index contributed by atoms with van der Waals surface area (Å²) in [6.07, 6.45) is 8.54. The Morgan fingerprint density at radius 3 is 2.51 bits per heavy atom. The van der Waals surface area contributed by atoms with Crippen LogP contribution in [0.5, 0.6) is 0 Å². The maximum Gasteiger partial charge on any atom is 0.458 e. The summed E-state index contributed by atoms with van der Waals surface area (Å²) in [5, 5.41) is 1.42. The summed E-state index contributed by atoms with van der Waals surface area (Å²) in [4.78, 5) is 34.8. The predicted molar refractivity (Wildman–Crippen MR) is 171 cm³/mol. The fraction of sp³-hybridized carbons (Fsp3) is 0.355. The van der Waals surface area contributed by atoms with Gasteiger partial charge >= 0.3 is 13.7 Å². The number of nitrogen functional groups attached to an aromatic ring is 1. The molecule has 1 fully saturated rings. The maximum atomic E-state index is 13.1. The first kappa shape index (κ1) is 30.7. The zero-order chi connectivity index (χ0) is 31.6. The van der Waals surface area contributed by atoms with Crippen LogP contribution >= 0.6 is 7.75 Å². The normalized spacial score (nSPS) is 19.7. The molecule has 2 aliphatic rings. The highest BCUT2D eigenvalue weighted by Gasteiger charge is 2.34. The van der Waals surface area contributed by atoms with Crippen molar-refractivity contribution in [1.82, 2.24) is 19.5 Å². The van der Waals surface area contributed by atoms with Gasteiger partial charge in [0.1, 0.15) is 0 Å². The summed E-state index contributed by atoms with van der Waals surface area (Å²) in [6, 6.07) is 18.0. The van der Waals surface area contributed by atoms with Gasteiger partial charge in [0.15, 0.2) is 23.0 Å². The van der Waals surface area contributed by atoms with Crippen LogP contribution < -0.4 is 21.2 Å². The van der Waals surface area contributed by atoms with E-state index >= 15 is 0 Å². The third-order valence-corrected chi connectivity index (χ3v) is 8.90. The molecule has 1 unspecified atom stereocenters. The van der Waals surface area contributed by atoms with Crippen LogP contribution in [0.15, 0.2) is 79.1 Å². The minimum absolute atomic E-state index is 0.00519. The Labute approximate surface area is 261 Å². The van der Waals surface area contributed by atoms with E-state index in [1.807, 2.05) is 72.3 Å². The molecule has 4 aromatic rings. The van der Waals surface area contributed by atoms with Crippen molar-refractivity contribution in [2.75, 3.05) is 29.4 Å². The van der Waals surface area contributed by atoms with Crippen LogP contribution in [0.25, 0.3) is 11.2 Å². The number of aromatic nitrogens is 4. The van der Waals surface area contributed by atoms with E-state index in [4.69, 9.17) is 25.1 Å². The molecule has 14 heteroatoms. The van der Waals surface area contributed by atoms with E-state index in [-0.39, 0.29) is 31.1 Å². The first-order valence-electron chi connectivity index (χ1n) is 14.9. The third kappa shape index (κ3) is 7.18. The predicted octanol–water partition coefficient (Wildman–Crippen LogP) is 4.78. The lowest BCUT2D eigenvalue weighted by Crippen LogP contribution is -2.40. The highest BCUT2D eigenvalue weighted by atomic mass is 31.2. The number of rotatable bonds is 13. The topological polar surface area (TPSA) is 164 Å². The smallest absolute Gasteiger partial charge is 0.378 e. The average molecular weight is 633 g/mol. The Hall–Kier alpha value is -4.29. The number of carbonyl (C=O) groups excluding carboxylic acids is 1. The SMILES string of the molecule is C[C@@H](C(=O)OP(N)(=O)OC[C@@H]1C=C[C@H](n2cnc3c(N(C)C4CC4)nc(N)nc32)C1)N(OCc1ccccc1)c1ccccc1. The van der Waals surface area contributed by atoms with Crippen molar-refractivity contribution in [3.8, 4) is 0 Å². The molecule has 45 heavy (non-hydrogen) atoms. The van der Waals surface area contributed by atoms with Crippen LogP contribution in [-0.2, 0) is 29.9 Å². The molecular formula is C31H37N8O5P. The van der Waals surface area contributed by atoms with Gasteiger partial charge in [-0.15, -0.1) is 0 Å². The molecule has 13 nitrogen and oxygen atoms in total. The molecule has 6 rings (SSSR count). The minimum Gasteiger partial charge on any atom is -0.378 e. The van der Waals surface area contributed by atoms with E-state index in [0.29, 0.717) is 29.3 Å². The number of nitrogens with zero attached hydrogens (tertiary/aromatic N) is 6. The molecule has 0 saturated heterocycles. The van der Waals surface area contributed by atoms with E-state index in [1.165, 1.54) is 5.06 Å². The second-order valence-corrected chi connectivity index (χ2v) is 12.9. The van der Waals surface area contributed by atoms with Crippen molar-refractivity contribution in [3.63, 3.8) is 0 Å². The number of hydrogen-bond donors (Lipinski definition) is 2. The summed E-state index contributed by atoms with van der Waals surface area (Å²) in [7, 11) is -2.24. The molecule has 2 aliphatic carbocycles. The number of para-hydroxylation sites is 1. The lowest BCUT2D eigenvalue weighted by molar-refractivity contribution is -0.138. The van der Waals surface area contributed by atoms with Crippen LogP contribution in [0.2, 0.25) is 0 Å². The molecule has 2 aromatic heterocycles. The molecular weight excluding hydrogens is 595 g/mol. The molecule has 0 aliphatic heterocycles. The number of benzene rings is 2. The van der Waals surface area contributed by atoms with Gasteiger partial charge in [-0.3, -0.25) is 9.36 Å². The second-order valence-electron chi connectivity index (χ2n) is 11.4. The minimum atomic E-state index is -4.24. The average Bonchev–Trinajstić information content (AvgIpc) is 3.64. The van der Waals surface area contributed by atoms with E-state index in [1.54, 1.807) is 25.4 Å². The molecule has 0 amide bonds. The fourth-order valence-corrected chi connectivity index (χ4v) is 6.21. The highest BCUT2D eigenvalue weighted by molar-refractivity contribution is 7.51. The van der Waals surface area contributed by atoms with Crippen molar-refractivity contribution >= 4 is 42.3 Å². The summed E-state index contributed by atoms with van der Waals surface area (Å²) in [5.74, 6) is -0.0722. The van der Waals surface area contributed by atoms with Crippen LogP contribution in [0.4, 0.5) is 17.5 Å². The zero-order valence-corrected chi connectivity index (χ0v) is 26.1. The number of allylic oxidation sites excluding steroid dienone is 1. The Morgan fingerprint density at radius 2 is 1.80 bits per heavy atom. The van der Waals surface area contributed by atoms with Crippen molar-refractivity contribution in [3.05, 3.63) is 84.7 Å².